The van der Waals surface area contributed by atoms with Gasteiger partial charge in [0.05, 0.1) is 19.3 Å². The van der Waals surface area contributed by atoms with Crippen molar-refractivity contribution in [1.29, 1.82) is 0 Å². The Kier molecular flexibility index (Phi) is 3.78. The number of aromatic nitrogens is 2. The van der Waals surface area contributed by atoms with Crippen molar-refractivity contribution in [3.63, 3.8) is 0 Å². The average molecular weight is 252 g/mol. The molecule has 1 atom stereocenters. The van der Waals surface area contributed by atoms with Gasteiger partial charge >= 0.3 is 0 Å². The molecule has 6 heteroatoms. The topological polar surface area (TPSA) is 65.1 Å². The molecule has 0 radical (unpaired) electrons. The summed E-state index contributed by atoms with van der Waals surface area (Å²) in [5.41, 5.74) is 4.89. The van der Waals surface area contributed by atoms with Crippen LogP contribution in [-0.4, -0.2) is 16.9 Å². The largest absolute Gasteiger partial charge is 0.493 e. The minimum Gasteiger partial charge on any atom is -0.493 e. The third-order valence-corrected chi connectivity index (χ3v) is 3.38. The molecule has 0 aliphatic heterocycles. The maximum Gasteiger partial charge on any atom is 0.161 e. The van der Waals surface area contributed by atoms with Crippen LogP contribution in [-0.2, 0) is 6.54 Å². The Morgan fingerprint density at radius 1 is 1.65 bits per heavy atom. The number of hydrogen-bond donors (Lipinski definition) is 2. The molecular formula is C11H16N4OS. The van der Waals surface area contributed by atoms with Crippen molar-refractivity contribution < 1.29 is 4.74 Å². The van der Waals surface area contributed by atoms with E-state index in [1.54, 1.807) is 24.6 Å². The summed E-state index contributed by atoms with van der Waals surface area (Å²) in [6.07, 6.45) is 1.72. The molecule has 0 saturated heterocycles. The Morgan fingerprint density at radius 2 is 2.47 bits per heavy atom. The van der Waals surface area contributed by atoms with Gasteiger partial charge in [-0.3, -0.25) is 10.5 Å². The van der Waals surface area contributed by atoms with Gasteiger partial charge < -0.3 is 4.74 Å². The number of aryl methyl sites for hydroxylation is 1. The summed E-state index contributed by atoms with van der Waals surface area (Å²) in [5.74, 6) is 6.41. The number of nitrogens with one attached hydrogen (secondary N) is 1. The van der Waals surface area contributed by atoms with Crippen molar-refractivity contribution in [3.8, 4) is 5.75 Å². The summed E-state index contributed by atoms with van der Waals surface area (Å²) < 4.78 is 7.22. The van der Waals surface area contributed by atoms with Crippen molar-refractivity contribution in [2.75, 3.05) is 7.11 Å². The highest BCUT2D eigenvalue weighted by Crippen LogP contribution is 2.30. The van der Waals surface area contributed by atoms with E-state index in [0.29, 0.717) is 0 Å². The van der Waals surface area contributed by atoms with Crippen LogP contribution in [0.4, 0.5) is 0 Å². The second kappa shape index (κ2) is 5.31. The summed E-state index contributed by atoms with van der Waals surface area (Å²) in [5, 5.41) is 8.38. The molecule has 0 aromatic carbocycles. The zero-order valence-electron chi connectivity index (χ0n) is 9.88. The predicted octanol–water partition coefficient (Wildman–Crippen LogP) is 1.53. The second-order valence-electron chi connectivity index (χ2n) is 3.57. The predicted molar refractivity (Wildman–Crippen MR) is 67.9 cm³/mol. The molecule has 0 saturated carbocycles. The van der Waals surface area contributed by atoms with Crippen molar-refractivity contribution in [1.82, 2.24) is 15.2 Å². The number of methoxy groups -OCH3 is 1. The highest BCUT2D eigenvalue weighted by Gasteiger charge is 2.22. The summed E-state index contributed by atoms with van der Waals surface area (Å²) in [7, 11) is 1.64. The first-order chi connectivity index (χ1) is 8.31. The summed E-state index contributed by atoms with van der Waals surface area (Å²) >= 11 is 1.64. The van der Waals surface area contributed by atoms with Gasteiger partial charge in [0.1, 0.15) is 5.69 Å². The number of hydrazine groups is 1. The molecule has 5 nitrogen and oxygen atoms in total. The van der Waals surface area contributed by atoms with E-state index in [1.165, 1.54) is 0 Å². The Labute approximate surface area is 104 Å². The minimum absolute atomic E-state index is 0.0985. The van der Waals surface area contributed by atoms with Gasteiger partial charge in [0, 0.05) is 6.54 Å². The van der Waals surface area contributed by atoms with E-state index in [1.807, 2.05) is 23.1 Å². The molecule has 3 N–H and O–H groups in total. The average Bonchev–Trinajstić information content (AvgIpc) is 2.99. The van der Waals surface area contributed by atoms with Crippen LogP contribution in [0.1, 0.15) is 24.2 Å². The van der Waals surface area contributed by atoms with Gasteiger partial charge in [0.15, 0.2) is 5.75 Å². The molecule has 0 bridgehead atoms. The van der Waals surface area contributed by atoms with Crippen LogP contribution >= 0.6 is 11.3 Å². The lowest BCUT2D eigenvalue weighted by Gasteiger charge is -2.17. The Bertz CT molecular complexity index is 444. The van der Waals surface area contributed by atoms with E-state index in [4.69, 9.17) is 10.6 Å². The maximum atomic E-state index is 5.66. The van der Waals surface area contributed by atoms with Crippen molar-refractivity contribution in [2.24, 2.45) is 5.84 Å². The molecule has 0 aliphatic carbocycles. The van der Waals surface area contributed by atoms with E-state index >= 15 is 0 Å². The first-order valence-corrected chi connectivity index (χ1v) is 6.34. The maximum absolute atomic E-state index is 5.66. The lowest BCUT2D eigenvalue weighted by molar-refractivity contribution is 0.399. The number of nitrogens with zero attached hydrogens (tertiary/aromatic N) is 2. The number of ether oxygens (including phenoxy) is 1. The molecule has 0 spiro atoms. The second-order valence-corrected chi connectivity index (χ2v) is 4.35. The number of rotatable bonds is 5. The van der Waals surface area contributed by atoms with Crippen LogP contribution < -0.4 is 16.0 Å². The van der Waals surface area contributed by atoms with Crippen molar-refractivity contribution in [2.45, 2.75) is 19.5 Å². The van der Waals surface area contributed by atoms with E-state index in [-0.39, 0.29) is 6.04 Å². The lowest BCUT2D eigenvalue weighted by atomic mass is 10.1. The highest BCUT2D eigenvalue weighted by atomic mass is 32.1. The molecule has 17 heavy (non-hydrogen) atoms. The van der Waals surface area contributed by atoms with Gasteiger partial charge in [-0.1, -0.05) is 0 Å². The van der Waals surface area contributed by atoms with E-state index in [2.05, 4.69) is 15.9 Å². The summed E-state index contributed by atoms with van der Waals surface area (Å²) in [4.78, 5) is 0. The third kappa shape index (κ3) is 2.19. The van der Waals surface area contributed by atoms with Crippen LogP contribution in [0.5, 0.6) is 5.75 Å². The van der Waals surface area contributed by atoms with Crippen molar-refractivity contribution in [3.05, 3.63) is 34.3 Å². The fraction of sp³-hybridized carbons (Fsp3) is 0.364. The fourth-order valence-corrected chi connectivity index (χ4v) is 2.54. The van der Waals surface area contributed by atoms with Crippen molar-refractivity contribution >= 4 is 11.3 Å². The lowest BCUT2D eigenvalue weighted by Crippen LogP contribution is -2.30. The standard InChI is InChI=1S/C11H16N4OS/c1-3-15-11(9(16-2)6-13-15)10(14-12)8-4-5-17-7-8/h4-7,10,14H,3,12H2,1-2H3. The number of nitrogens with two attached hydrogens (primary N) is 1. The van der Waals surface area contributed by atoms with Crippen LogP contribution in [0.3, 0.4) is 0 Å². The van der Waals surface area contributed by atoms with Gasteiger partial charge in [-0.05, 0) is 29.3 Å². The van der Waals surface area contributed by atoms with E-state index < -0.39 is 0 Å². The smallest absolute Gasteiger partial charge is 0.161 e. The molecule has 2 heterocycles. The normalized spacial score (nSPS) is 12.6. The van der Waals surface area contributed by atoms with Gasteiger partial charge in [-0.15, -0.1) is 0 Å². The first kappa shape index (κ1) is 12.1. The molecule has 92 valence electrons. The quantitative estimate of drug-likeness (QED) is 0.625. The molecule has 1 unspecified atom stereocenters. The Balaban J connectivity index is 2.46. The minimum atomic E-state index is -0.0985. The van der Waals surface area contributed by atoms with Gasteiger partial charge in [0.25, 0.3) is 0 Å². The summed E-state index contributed by atoms with van der Waals surface area (Å²) in [6, 6.07) is 1.94. The summed E-state index contributed by atoms with van der Waals surface area (Å²) in [6.45, 7) is 2.82. The number of hydrogen-bond acceptors (Lipinski definition) is 5. The Hall–Kier alpha value is -1.37. The molecule has 0 fully saturated rings. The SMILES string of the molecule is CCn1ncc(OC)c1C(NN)c1ccsc1. The molecular weight excluding hydrogens is 236 g/mol. The van der Waals surface area contributed by atoms with Crippen LogP contribution in [0.15, 0.2) is 23.0 Å². The molecule has 0 aliphatic rings. The fourth-order valence-electron chi connectivity index (χ4n) is 1.85. The van der Waals surface area contributed by atoms with Gasteiger partial charge in [0.2, 0.25) is 0 Å². The molecule has 2 aromatic rings. The van der Waals surface area contributed by atoms with Crippen LogP contribution in [0.25, 0.3) is 0 Å². The highest BCUT2D eigenvalue weighted by molar-refractivity contribution is 7.08. The van der Waals surface area contributed by atoms with Crippen LogP contribution in [0.2, 0.25) is 0 Å². The number of thiophene rings is 1. The van der Waals surface area contributed by atoms with Gasteiger partial charge in [-0.25, -0.2) is 5.43 Å². The zero-order valence-corrected chi connectivity index (χ0v) is 10.7. The molecule has 2 aromatic heterocycles. The van der Waals surface area contributed by atoms with Crippen LogP contribution in [0, 0.1) is 0 Å². The van der Waals surface area contributed by atoms with E-state index in [9.17, 15) is 0 Å². The monoisotopic (exact) mass is 252 g/mol. The molecule has 0 amide bonds. The third-order valence-electron chi connectivity index (χ3n) is 2.68. The molecule has 2 rings (SSSR count). The Morgan fingerprint density at radius 3 is 3.00 bits per heavy atom. The first-order valence-electron chi connectivity index (χ1n) is 5.39. The van der Waals surface area contributed by atoms with Gasteiger partial charge in [-0.2, -0.15) is 16.4 Å². The van der Waals surface area contributed by atoms with E-state index in [0.717, 1.165) is 23.6 Å². The zero-order chi connectivity index (χ0) is 12.3.